The van der Waals surface area contributed by atoms with Crippen LogP contribution in [0.3, 0.4) is 0 Å². The van der Waals surface area contributed by atoms with Crippen molar-refractivity contribution in [3.05, 3.63) is 33.9 Å². The molecule has 1 N–H and O–H groups in total. The number of hydrogen-bond acceptors (Lipinski definition) is 5. The first kappa shape index (κ1) is 16.7. The number of nitrogens with zero attached hydrogens (tertiary/aromatic N) is 4. The van der Waals surface area contributed by atoms with Crippen LogP contribution in [0.5, 0.6) is 0 Å². The third kappa shape index (κ3) is 2.73. The fourth-order valence-corrected chi connectivity index (χ4v) is 3.34. The predicted molar refractivity (Wildman–Crippen MR) is 97.6 cm³/mol. The molecule has 0 saturated carbocycles. The van der Waals surface area contributed by atoms with Crippen LogP contribution < -0.4 is 5.56 Å². The molecule has 0 atom stereocenters. The average molecular weight is 343 g/mol. The van der Waals surface area contributed by atoms with Gasteiger partial charge in [0.1, 0.15) is 5.65 Å². The first-order valence-electron chi connectivity index (χ1n) is 8.09. The van der Waals surface area contributed by atoms with Crippen LogP contribution >= 0.6 is 11.8 Å². The fraction of sp³-hybridized carbons (Fsp3) is 0.412. The van der Waals surface area contributed by atoms with Crippen LogP contribution in [0.15, 0.2) is 22.2 Å². The maximum absolute atomic E-state index is 13.0. The van der Waals surface area contributed by atoms with E-state index in [2.05, 4.69) is 27.1 Å². The van der Waals surface area contributed by atoms with Crippen LogP contribution in [0.4, 0.5) is 0 Å². The zero-order chi connectivity index (χ0) is 17.3. The zero-order valence-corrected chi connectivity index (χ0v) is 15.2. The molecule has 3 rings (SSSR count). The molecule has 3 aromatic rings. The van der Waals surface area contributed by atoms with Crippen molar-refractivity contribution in [2.24, 2.45) is 0 Å². The molecule has 0 fully saturated rings. The molecule has 3 aromatic heterocycles. The molecular formula is C17H21N5OS. The lowest BCUT2D eigenvalue weighted by Gasteiger charge is -2.12. The topological polar surface area (TPSA) is 76.5 Å². The summed E-state index contributed by atoms with van der Waals surface area (Å²) in [6.07, 6.45) is 5.63. The SMILES string of the molecule is CCCc1cn[nH]c1-c1cc2c(C)nc(SC)nc2n(CC)c1=O. The molecule has 6 nitrogen and oxygen atoms in total. The van der Waals surface area contributed by atoms with E-state index in [-0.39, 0.29) is 5.56 Å². The molecule has 0 bridgehead atoms. The summed E-state index contributed by atoms with van der Waals surface area (Å²) in [4.78, 5) is 22.1. The Morgan fingerprint density at radius 2 is 2.08 bits per heavy atom. The minimum Gasteiger partial charge on any atom is -0.292 e. The van der Waals surface area contributed by atoms with E-state index in [9.17, 15) is 4.79 Å². The molecule has 0 aliphatic carbocycles. The summed E-state index contributed by atoms with van der Waals surface area (Å²) in [7, 11) is 0. The van der Waals surface area contributed by atoms with E-state index in [1.54, 1.807) is 10.8 Å². The van der Waals surface area contributed by atoms with Crippen LogP contribution in [0.1, 0.15) is 31.5 Å². The fourth-order valence-electron chi connectivity index (χ4n) is 2.93. The van der Waals surface area contributed by atoms with Crippen LogP contribution in [0, 0.1) is 6.92 Å². The Morgan fingerprint density at radius 3 is 2.75 bits per heavy atom. The molecule has 0 radical (unpaired) electrons. The Bertz CT molecular complexity index is 944. The third-order valence-electron chi connectivity index (χ3n) is 4.12. The minimum absolute atomic E-state index is 0.0447. The minimum atomic E-state index is -0.0447. The van der Waals surface area contributed by atoms with E-state index in [4.69, 9.17) is 0 Å². The summed E-state index contributed by atoms with van der Waals surface area (Å²) < 4.78 is 1.72. The molecule has 24 heavy (non-hydrogen) atoms. The highest BCUT2D eigenvalue weighted by Crippen LogP contribution is 2.25. The van der Waals surface area contributed by atoms with Crippen LogP contribution in [-0.2, 0) is 13.0 Å². The Labute approximate surface area is 144 Å². The normalized spacial score (nSPS) is 11.3. The lowest BCUT2D eigenvalue weighted by atomic mass is 10.0. The van der Waals surface area contributed by atoms with Crippen molar-refractivity contribution in [2.45, 2.75) is 45.3 Å². The van der Waals surface area contributed by atoms with Gasteiger partial charge in [0.25, 0.3) is 5.56 Å². The van der Waals surface area contributed by atoms with Crippen molar-refractivity contribution in [3.63, 3.8) is 0 Å². The summed E-state index contributed by atoms with van der Waals surface area (Å²) in [5, 5.41) is 8.72. The molecule has 126 valence electrons. The quantitative estimate of drug-likeness (QED) is 0.569. The smallest absolute Gasteiger partial charge is 0.261 e. The van der Waals surface area contributed by atoms with Crippen molar-refractivity contribution in [3.8, 4) is 11.3 Å². The maximum atomic E-state index is 13.0. The number of aromatic nitrogens is 5. The molecular weight excluding hydrogens is 322 g/mol. The number of pyridine rings is 1. The summed E-state index contributed by atoms with van der Waals surface area (Å²) >= 11 is 1.48. The number of thioether (sulfide) groups is 1. The standard InChI is InChI=1S/C17H21N5OS/c1-5-7-11-9-18-21-14(11)13-8-12-10(3)19-17(24-4)20-15(12)22(6-2)16(13)23/h8-9H,5-7H2,1-4H3,(H,18,21). The van der Waals surface area contributed by atoms with Gasteiger partial charge in [-0.3, -0.25) is 14.5 Å². The van der Waals surface area contributed by atoms with Crippen molar-refractivity contribution in [1.82, 2.24) is 24.7 Å². The van der Waals surface area contributed by atoms with Crippen LogP contribution in [0.2, 0.25) is 0 Å². The van der Waals surface area contributed by atoms with Gasteiger partial charge < -0.3 is 0 Å². The van der Waals surface area contributed by atoms with E-state index >= 15 is 0 Å². The number of rotatable bonds is 5. The largest absolute Gasteiger partial charge is 0.292 e. The maximum Gasteiger partial charge on any atom is 0.261 e. The van der Waals surface area contributed by atoms with Crippen molar-refractivity contribution in [2.75, 3.05) is 6.26 Å². The van der Waals surface area contributed by atoms with Crippen molar-refractivity contribution < 1.29 is 0 Å². The third-order valence-corrected chi connectivity index (χ3v) is 4.67. The van der Waals surface area contributed by atoms with E-state index in [0.717, 1.165) is 35.2 Å². The molecule has 0 spiro atoms. The molecule has 0 aliphatic heterocycles. The molecule has 0 aromatic carbocycles. The molecule has 0 unspecified atom stereocenters. The van der Waals surface area contributed by atoms with Crippen LogP contribution in [0.25, 0.3) is 22.3 Å². The second-order valence-corrected chi connectivity index (χ2v) is 6.43. The summed E-state index contributed by atoms with van der Waals surface area (Å²) in [5.41, 5.74) is 4.03. The highest BCUT2D eigenvalue weighted by atomic mass is 32.2. The van der Waals surface area contributed by atoms with Crippen molar-refractivity contribution in [1.29, 1.82) is 0 Å². The van der Waals surface area contributed by atoms with Gasteiger partial charge in [0.05, 0.1) is 23.1 Å². The van der Waals surface area contributed by atoms with Gasteiger partial charge in [0.2, 0.25) is 0 Å². The van der Waals surface area contributed by atoms with Gasteiger partial charge in [-0.25, -0.2) is 9.97 Å². The predicted octanol–water partition coefficient (Wildman–Crippen LogP) is 3.18. The van der Waals surface area contributed by atoms with Gasteiger partial charge >= 0.3 is 0 Å². The lowest BCUT2D eigenvalue weighted by molar-refractivity contribution is 0.740. The summed E-state index contributed by atoms with van der Waals surface area (Å²) in [6.45, 7) is 6.59. The van der Waals surface area contributed by atoms with E-state index in [1.165, 1.54) is 11.8 Å². The second kappa shape index (κ2) is 6.76. The molecule has 0 amide bonds. The van der Waals surface area contributed by atoms with Gasteiger partial charge in [0.15, 0.2) is 5.16 Å². The first-order chi connectivity index (χ1) is 11.6. The zero-order valence-electron chi connectivity index (χ0n) is 14.4. The van der Waals surface area contributed by atoms with Gasteiger partial charge in [-0.05, 0) is 38.2 Å². The average Bonchev–Trinajstić information content (AvgIpc) is 3.02. The number of fused-ring (bicyclic) bond motifs is 1. The van der Waals surface area contributed by atoms with Gasteiger partial charge in [-0.2, -0.15) is 5.10 Å². The number of H-pyrrole nitrogens is 1. The molecule has 3 heterocycles. The molecule has 0 aliphatic rings. The van der Waals surface area contributed by atoms with Gasteiger partial charge in [-0.1, -0.05) is 25.1 Å². The van der Waals surface area contributed by atoms with Gasteiger partial charge in [-0.15, -0.1) is 0 Å². The van der Waals surface area contributed by atoms with Crippen molar-refractivity contribution >= 4 is 22.8 Å². The first-order valence-corrected chi connectivity index (χ1v) is 9.31. The monoisotopic (exact) mass is 343 g/mol. The Balaban J connectivity index is 2.35. The Morgan fingerprint density at radius 1 is 1.29 bits per heavy atom. The summed E-state index contributed by atoms with van der Waals surface area (Å²) in [5.74, 6) is 0. The number of hydrogen-bond donors (Lipinski definition) is 1. The summed E-state index contributed by atoms with van der Waals surface area (Å²) in [6, 6.07) is 1.90. The highest BCUT2D eigenvalue weighted by Gasteiger charge is 2.17. The number of aryl methyl sites for hydroxylation is 3. The lowest BCUT2D eigenvalue weighted by Crippen LogP contribution is -2.23. The van der Waals surface area contributed by atoms with Crippen LogP contribution in [-0.4, -0.2) is 31.0 Å². The van der Waals surface area contributed by atoms with Gasteiger partial charge in [0, 0.05) is 11.9 Å². The number of nitrogens with one attached hydrogen (secondary N) is 1. The Hall–Kier alpha value is -2.15. The number of aromatic amines is 1. The van der Waals surface area contributed by atoms with E-state index < -0.39 is 0 Å². The van der Waals surface area contributed by atoms with E-state index in [0.29, 0.717) is 22.9 Å². The highest BCUT2D eigenvalue weighted by molar-refractivity contribution is 7.98. The van der Waals surface area contributed by atoms with E-state index in [1.807, 2.05) is 26.2 Å². The molecule has 0 saturated heterocycles. The Kier molecular flexibility index (Phi) is 4.71. The molecule has 7 heteroatoms. The second-order valence-electron chi connectivity index (χ2n) is 5.66.